The van der Waals surface area contributed by atoms with Crippen LogP contribution < -0.4 is 20.3 Å². The second-order valence-corrected chi connectivity index (χ2v) is 8.88. The van der Waals surface area contributed by atoms with Gasteiger partial charge < -0.3 is 10.1 Å². The number of rotatable bonds is 8. The average molecular weight is 474 g/mol. The van der Waals surface area contributed by atoms with Crippen LogP contribution in [-0.4, -0.2) is 34.6 Å². The van der Waals surface area contributed by atoms with E-state index in [9.17, 15) is 14.4 Å². The number of hydrogen-bond acceptors (Lipinski definition) is 5. The summed E-state index contributed by atoms with van der Waals surface area (Å²) >= 11 is 0. The first-order valence-electron chi connectivity index (χ1n) is 11.8. The van der Waals surface area contributed by atoms with Crippen LogP contribution in [0.3, 0.4) is 0 Å². The molecule has 0 radical (unpaired) electrons. The molecular weight excluding hydrogens is 446 g/mol. The molecule has 1 aliphatic heterocycles. The Bertz CT molecular complexity index is 1230. The number of amides is 4. The summed E-state index contributed by atoms with van der Waals surface area (Å²) in [6.07, 6.45) is 4.08. The Balaban J connectivity index is 1.15. The number of carbonyl (C=O) groups is 3. The van der Waals surface area contributed by atoms with Crippen LogP contribution >= 0.6 is 0 Å². The summed E-state index contributed by atoms with van der Waals surface area (Å²) in [5, 5.41) is 12.4. The highest BCUT2D eigenvalue weighted by Crippen LogP contribution is 2.35. The minimum Gasteiger partial charge on any atom is -0.489 e. The van der Waals surface area contributed by atoms with Crippen molar-refractivity contribution < 1.29 is 19.1 Å². The monoisotopic (exact) mass is 473 g/mol. The van der Waals surface area contributed by atoms with Crippen molar-refractivity contribution >= 4 is 29.4 Å². The molecule has 1 aromatic heterocycles. The number of aromatic nitrogens is 2. The number of aromatic amines is 1. The van der Waals surface area contributed by atoms with Crippen molar-refractivity contribution in [1.29, 1.82) is 0 Å². The highest BCUT2D eigenvalue weighted by molar-refractivity contribution is 6.05. The van der Waals surface area contributed by atoms with Gasteiger partial charge in [-0.25, -0.2) is 4.79 Å². The molecule has 1 saturated carbocycles. The minimum absolute atomic E-state index is 0.127. The van der Waals surface area contributed by atoms with Gasteiger partial charge in [-0.15, -0.1) is 0 Å². The number of anilines is 2. The largest absolute Gasteiger partial charge is 0.489 e. The average Bonchev–Trinajstić information content (AvgIpc) is 3.25. The quantitative estimate of drug-likeness (QED) is 0.459. The Hall–Kier alpha value is -4.14. The highest BCUT2D eigenvalue weighted by Gasteiger charge is 2.26. The molecule has 9 heteroatoms. The Kier molecular flexibility index (Phi) is 6.47. The van der Waals surface area contributed by atoms with Crippen LogP contribution in [0.15, 0.2) is 54.6 Å². The van der Waals surface area contributed by atoms with Gasteiger partial charge >= 0.3 is 6.03 Å². The molecule has 9 nitrogen and oxygen atoms in total. The fourth-order valence-corrected chi connectivity index (χ4v) is 4.26. The molecule has 0 bridgehead atoms. The van der Waals surface area contributed by atoms with E-state index in [2.05, 4.69) is 20.8 Å². The van der Waals surface area contributed by atoms with Crippen molar-refractivity contribution in [1.82, 2.24) is 15.5 Å². The SMILES string of the molecule is O=C1CCN(c2ccccc2COc2ccc(CC(=O)Nc3cc(C4CCC4)[nH]n3)cc2)C(=O)N1. The standard InChI is InChI=1S/C26H27N5O4/c32-24-12-13-31(26(34)28-24)22-7-2-1-4-19(22)16-35-20-10-8-17(9-11-20)14-25(33)27-23-15-21(29-30-23)18-5-3-6-18/h1-2,4,7-11,15,18H,3,5-6,12-14,16H2,(H,28,32,34)(H2,27,29,30,33). The van der Waals surface area contributed by atoms with Crippen molar-refractivity contribution in [3.05, 3.63) is 71.4 Å². The lowest BCUT2D eigenvalue weighted by Crippen LogP contribution is -2.49. The summed E-state index contributed by atoms with van der Waals surface area (Å²) in [5.74, 6) is 1.35. The van der Waals surface area contributed by atoms with E-state index < -0.39 is 6.03 Å². The predicted molar refractivity (Wildman–Crippen MR) is 130 cm³/mol. The lowest BCUT2D eigenvalue weighted by atomic mass is 9.83. The summed E-state index contributed by atoms with van der Waals surface area (Å²) in [7, 11) is 0. The van der Waals surface area contributed by atoms with E-state index >= 15 is 0 Å². The third-order valence-corrected chi connectivity index (χ3v) is 6.43. The number of ether oxygens (including phenoxy) is 1. The summed E-state index contributed by atoms with van der Waals surface area (Å²) in [6, 6.07) is 16.3. The second kappa shape index (κ2) is 10.0. The van der Waals surface area contributed by atoms with Crippen molar-refractivity contribution in [2.24, 2.45) is 0 Å². The maximum atomic E-state index is 12.4. The molecule has 4 amide bonds. The molecule has 1 aliphatic carbocycles. The van der Waals surface area contributed by atoms with Gasteiger partial charge in [0, 0.05) is 36.2 Å². The topological polar surface area (TPSA) is 116 Å². The van der Waals surface area contributed by atoms with E-state index in [0.29, 0.717) is 29.7 Å². The summed E-state index contributed by atoms with van der Waals surface area (Å²) in [4.78, 5) is 37.7. The Morgan fingerprint density at radius 2 is 1.91 bits per heavy atom. The van der Waals surface area contributed by atoms with Gasteiger partial charge in [-0.1, -0.05) is 36.8 Å². The van der Waals surface area contributed by atoms with Crippen molar-refractivity contribution in [2.45, 2.75) is 44.6 Å². The van der Waals surface area contributed by atoms with Crippen LogP contribution in [0.5, 0.6) is 5.75 Å². The van der Waals surface area contributed by atoms with Gasteiger partial charge in [-0.3, -0.25) is 24.9 Å². The molecule has 3 N–H and O–H groups in total. The third-order valence-electron chi connectivity index (χ3n) is 6.43. The molecule has 0 spiro atoms. The number of carbonyl (C=O) groups excluding carboxylic acids is 3. The van der Waals surface area contributed by atoms with Crippen molar-refractivity contribution in [2.75, 3.05) is 16.8 Å². The third kappa shape index (κ3) is 5.34. The first-order valence-corrected chi connectivity index (χ1v) is 11.8. The zero-order valence-electron chi connectivity index (χ0n) is 19.3. The molecule has 0 atom stereocenters. The number of benzene rings is 2. The van der Waals surface area contributed by atoms with Crippen LogP contribution in [-0.2, 0) is 22.6 Å². The van der Waals surface area contributed by atoms with E-state index in [4.69, 9.17) is 4.74 Å². The smallest absolute Gasteiger partial charge is 0.328 e. The van der Waals surface area contributed by atoms with Crippen LogP contribution in [0.25, 0.3) is 0 Å². The van der Waals surface area contributed by atoms with E-state index in [-0.39, 0.29) is 31.3 Å². The summed E-state index contributed by atoms with van der Waals surface area (Å²) in [5.41, 5.74) is 3.49. The van der Waals surface area contributed by atoms with Gasteiger partial charge in [0.15, 0.2) is 5.82 Å². The lowest BCUT2D eigenvalue weighted by molar-refractivity contribution is -0.120. The number of imide groups is 1. The number of hydrogen-bond donors (Lipinski definition) is 3. The number of nitrogens with zero attached hydrogens (tertiary/aromatic N) is 2. The molecule has 0 unspecified atom stereocenters. The van der Waals surface area contributed by atoms with Crippen LogP contribution in [0.4, 0.5) is 16.3 Å². The first kappa shape index (κ1) is 22.6. The molecule has 2 fully saturated rings. The highest BCUT2D eigenvalue weighted by atomic mass is 16.5. The number of H-pyrrole nitrogens is 1. The summed E-state index contributed by atoms with van der Waals surface area (Å²) < 4.78 is 5.94. The predicted octanol–water partition coefficient (Wildman–Crippen LogP) is 3.88. The molecule has 35 heavy (non-hydrogen) atoms. The zero-order chi connectivity index (χ0) is 24.2. The summed E-state index contributed by atoms with van der Waals surface area (Å²) in [6.45, 7) is 0.592. The van der Waals surface area contributed by atoms with Gasteiger partial charge in [0.2, 0.25) is 11.8 Å². The van der Waals surface area contributed by atoms with E-state index in [1.165, 1.54) is 19.3 Å². The number of para-hydroxylation sites is 1. The second-order valence-electron chi connectivity index (χ2n) is 8.88. The Morgan fingerprint density at radius 3 is 2.66 bits per heavy atom. The van der Waals surface area contributed by atoms with E-state index in [0.717, 1.165) is 16.8 Å². The minimum atomic E-state index is -0.426. The van der Waals surface area contributed by atoms with E-state index in [1.807, 2.05) is 54.6 Å². The van der Waals surface area contributed by atoms with Crippen molar-refractivity contribution in [3.8, 4) is 5.75 Å². The molecule has 1 saturated heterocycles. The van der Waals surface area contributed by atoms with Gasteiger partial charge in [0.1, 0.15) is 12.4 Å². The molecule has 2 aromatic carbocycles. The van der Waals surface area contributed by atoms with Gasteiger partial charge in [0.25, 0.3) is 0 Å². The van der Waals surface area contributed by atoms with Crippen LogP contribution in [0, 0.1) is 0 Å². The lowest BCUT2D eigenvalue weighted by Gasteiger charge is -2.28. The molecule has 2 aliphatic rings. The molecule has 5 rings (SSSR count). The maximum absolute atomic E-state index is 12.4. The Morgan fingerprint density at radius 1 is 1.11 bits per heavy atom. The van der Waals surface area contributed by atoms with E-state index in [1.54, 1.807) is 4.90 Å². The van der Waals surface area contributed by atoms with Crippen LogP contribution in [0.1, 0.15) is 48.4 Å². The fraction of sp³-hybridized carbons (Fsp3) is 0.308. The molecule has 2 heterocycles. The first-order chi connectivity index (χ1) is 17.0. The van der Waals surface area contributed by atoms with Crippen LogP contribution in [0.2, 0.25) is 0 Å². The number of nitrogens with one attached hydrogen (secondary N) is 3. The molecule has 3 aromatic rings. The molecular formula is C26H27N5O4. The van der Waals surface area contributed by atoms with Gasteiger partial charge in [-0.05, 0) is 36.6 Å². The van der Waals surface area contributed by atoms with Gasteiger partial charge in [-0.2, -0.15) is 5.10 Å². The van der Waals surface area contributed by atoms with Crippen molar-refractivity contribution in [3.63, 3.8) is 0 Å². The van der Waals surface area contributed by atoms with Gasteiger partial charge in [0.05, 0.1) is 12.1 Å². The maximum Gasteiger partial charge on any atom is 0.328 e. The normalized spacial score (nSPS) is 15.9. The number of urea groups is 1. The fourth-order valence-electron chi connectivity index (χ4n) is 4.26. The Labute approximate surface area is 202 Å². The molecule has 180 valence electrons. The zero-order valence-corrected chi connectivity index (χ0v) is 19.3.